The van der Waals surface area contributed by atoms with Crippen molar-refractivity contribution in [1.82, 2.24) is 0 Å². The number of rotatable bonds is 25. The number of quaternary nitrogens is 2. The minimum absolute atomic E-state index is 0.976. The topological polar surface area (TPSA) is 30.8 Å². The Labute approximate surface area is 336 Å². The second kappa shape index (κ2) is 24.1. The van der Waals surface area contributed by atoms with E-state index in [1.807, 2.05) is 0 Å². The molecular formula is C46H68N6S2+4. The Kier molecular flexibility index (Phi) is 19.2. The zero-order valence-corrected chi connectivity index (χ0v) is 35.7. The molecule has 0 atom stereocenters. The number of aryl methyl sites for hydroxylation is 2. The molecule has 2 aromatic carbocycles. The molecular weight excluding hydrogens is 701 g/mol. The molecule has 0 saturated heterocycles. The highest BCUT2D eigenvalue weighted by molar-refractivity contribution is 8.76. The molecule has 4 rings (SSSR count). The number of nitrogens with two attached hydrogens (primary N) is 1. The van der Waals surface area contributed by atoms with E-state index in [-0.39, 0.29) is 0 Å². The molecule has 2 aromatic heterocycles. The van der Waals surface area contributed by atoms with Gasteiger partial charge in [0.2, 0.25) is 11.4 Å². The average Bonchev–Trinajstić information content (AvgIpc) is 3.20. The summed E-state index contributed by atoms with van der Waals surface area (Å²) in [5.74, 6) is 2.49. The molecule has 2 N–H and O–H groups in total. The van der Waals surface area contributed by atoms with E-state index in [0.29, 0.717) is 0 Å². The SMILES string of the molecule is CC[n+]1ccccc1/C=C/c1ccc(N(C)CCC[NH2+]CCCSSCCC[N+](C)(C)CCCN(C)c2ccc(/C=C/c3cccc[n+]3CC)cc2)cc1. The van der Waals surface area contributed by atoms with Gasteiger partial charge in [0.15, 0.2) is 12.4 Å². The zero-order chi connectivity index (χ0) is 38.4. The first-order valence-corrected chi connectivity index (χ1v) is 22.6. The minimum atomic E-state index is 0.976. The first-order valence-electron chi connectivity index (χ1n) is 20.1. The predicted molar refractivity (Wildman–Crippen MR) is 239 cm³/mol. The molecule has 2 heterocycles. The number of hydrogen-bond donors (Lipinski definition) is 1. The summed E-state index contributed by atoms with van der Waals surface area (Å²) in [6.07, 6.45) is 18.0. The van der Waals surface area contributed by atoms with E-state index in [2.05, 4.69) is 210 Å². The Morgan fingerprint density at radius 1 is 0.574 bits per heavy atom. The Morgan fingerprint density at radius 2 is 1.04 bits per heavy atom. The summed E-state index contributed by atoms with van der Waals surface area (Å²) in [6, 6.07) is 30.6. The lowest BCUT2D eigenvalue weighted by Gasteiger charge is -2.31. The van der Waals surface area contributed by atoms with E-state index in [0.717, 1.165) is 30.7 Å². The smallest absolute Gasteiger partial charge is 0.205 e. The van der Waals surface area contributed by atoms with Gasteiger partial charge in [-0.1, -0.05) is 45.9 Å². The summed E-state index contributed by atoms with van der Waals surface area (Å²) >= 11 is 0. The molecule has 0 unspecified atom stereocenters. The van der Waals surface area contributed by atoms with Crippen molar-refractivity contribution in [3.8, 4) is 0 Å². The van der Waals surface area contributed by atoms with Crippen LogP contribution in [-0.2, 0) is 13.1 Å². The monoisotopic (exact) mass is 768 g/mol. The summed E-state index contributed by atoms with van der Waals surface area (Å²) in [5, 5.41) is 2.50. The Hall–Kier alpha value is -3.56. The van der Waals surface area contributed by atoms with Crippen LogP contribution in [0.2, 0.25) is 0 Å². The standard InChI is InChI=1S/C46H67N6S2/c1-7-50-35-11-9-17-45(50)29-23-41-19-25-43(26-20-41)48(3)33-13-31-47-32-14-39-53-54-40-16-38-52(5,6)37-15-34-49(4)44-27-21-42(22-28-44)24-30-46-18-10-12-36-51(46)8-2/h9-12,17-30,35-36,47H,7-8,13-16,31-34,37-40H2,1-6H3/q+3/p+1. The van der Waals surface area contributed by atoms with Gasteiger partial charge in [0.1, 0.15) is 13.1 Å². The number of aromatic nitrogens is 2. The predicted octanol–water partition coefficient (Wildman–Crippen LogP) is 7.80. The van der Waals surface area contributed by atoms with E-state index < -0.39 is 0 Å². The number of nitrogens with zero attached hydrogens (tertiary/aromatic N) is 5. The highest BCUT2D eigenvalue weighted by atomic mass is 33.1. The first-order chi connectivity index (χ1) is 26.3. The second-order valence-corrected chi connectivity index (χ2v) is 17.5. The third kappa shape index (κ3) is 15.7. The van der Waals surface area contributed by atoms with Gasteiger partial charge in [-0.3, -0.25) is 0 Å². The van der Waals surface area contributed by atoms with E-state index in [1.54, 1.807) is 0 Å². The molecule has 0 fully saturated rings. The van der Waals surface area contributed by atoms with Crippen molar-refractivity contribution in [2.75, 3.05) is 88.8 Å². The Bertz CT molecular complexity index is 1690. The van der Waals surface area contributed by atoms with E-state index in [1.165, 1.54) is 97.3 Å². The summed E-state index contributed by atoms with van der Waals surface area (Å²) < 4.78 is 5.61. The van der Waals surface area contributed by atoms with Gasteiger partial charge in [-0.25, -0.2) is 0 Å². The van der Waals surface area contributed by atoms with Crippen molar-refractivity contribution in [2.24, 2.45) is 0 Å². The fraction of sp³-hybridized carbons (Fsp3) is 0.435. The highest BCUT2D eigenvalue weighted by Crippen LogP contribution is 2.23. The summed E-state index contributed by atoms with van der Waals surface area (Å²) in [5.41, 5.74) is 7.49. The molecule has 0 aliphatic rings. The minimum Gasteiger partial charge on any atom is -0.374 e. The van der Waals surface area contributed by atoms with Crippen molar-refractivity contribution in [1.29, 1.82) is 0 Å². The second-order valence-electron chi connectivity index (χ2n) is 14.8. The van der Waals surface area contributed by atoms with Crippen LogP contribution in [0.25, 0.3) is 24.3 Å². The lowest BCUT2D eigenvalue weighted by atomic mass is 10.1. The third-order valence-corrected chi connectivity index (χ3v) is 12.6. The summed E-state index contributed by atoms with van der Waals surface area (Å²) in [7, 11) is 13.3. The normalized spacial score (nSPS) is 11.9. The Morgan fingerprint density at radius 3 is 1.56 bits per heavy atom. The van der Waals surface area contributed by atoms with Gasteiger partial charge in [-0.2, -0.15) is 9.13 Å². The molecule has 54 heavy (non-hydrogen) atoms. The van der Waals surface area contributed by atoms with Crippen LogP contribution in [0, 0.1) is 0 Å². The van der Waals surface area contributed by atoms with Crippen molar-refractivity contribution in [3.05, 3.63) is 120 Å². The maximum atomic E-state index is 2.50. The van der Waals surface area contributed by atoms with Crippen molar-refractivity contribution in [3.63, 3.8) is 0 Å². The van der Waals surface area contributed by atoms with Crippen molar-refractivity contribution in [2.45, 2.75) is 52.6 Å². The van der Waals surface area contributed by atoms with Crippen LogP contribution in [0.4, 0.5) is 11.4 Å². The van der Waals surface area contributed by atoms with Crippen LogP contribution in [0.15, 0.2) is 97.3 Å². The van der Waals surface area contributed by atoms with Crippen LogP contribution in [0.3, 0.4) is 0 Å². The molecule has 0 aliphatic carbocycles. The molecule has 0 spiro atoms. The third-order valence-electron chi connectivity index (χ3n) is 10.1. The number of anilines is 2. The van der Waals surface area contributed by atoms with Gasteiger partial charge in [0, 0.05) is 112 Å². The number of hydrogen-bond acceptors (Lipinski definition) is 4. The molecule has 0 bridgehead atoms. The Balaban J connectivity index is 0.979. The quantitative estimate of drug-likeness (QED) is 0.0323. The first kappa shape index (κ1) is 43.2. The molecule has 4 aromatic rings. The van der Waals surface area contributed by atoms with E-state index >= 15 is 0 Å². The molecule has 0 radical (unpaired) electrons. The number of benzene rings is 2. The van der Waals surface area contributed by atoms with E-state index in [9.17, 15) is 0 Å². The highest BCUT2D eigenvalue weighted by Gasteiger charge is 2.15. The largest absolute Gasteiger partial charge is 0.374 e. The summed E-state index contributed by atoms with van der Waals surface area (Å²) in [4.78, 5) is 4.77. The van der Waals surface area contributed by atoms with Crippen LogP contribution in [0.1, 0.15) is 62.0 Å². The van der Waals surface area contributed by atoms with Crippen LogP contribution in [0.5, 0.6) is 0 Å². The van der Waals surface area contributed by atoms with Crippen molar-refractivity contribution < 1.29 is 18.9 Å². The maximum absolute atomic E-state index is 2.50. The van der Waals surface area contributed by atoms with Crippen LogP contribution in [-0.4, -0.2) is 83.4 Å². The molecule has 8 heteroatoms. The fourth-order valence-corrected chi connectivity index (χ4v) is 8.76. The van der Waals surface area contributed by atoms with Crippen molar-refractivity contribution >= 4 is 57.3 Å². The van der Waals surface area contributed by atoms with Gasteiger partial charge in [0.05, 0.1) is 40.3 Å². The van der Waals surface area contributed by atoms with Gasteiger partial charge >= 0.3 is 0 Å². The average molecular weight is 769 g/mol. The van der Waals surface area contributed by atoms with Crippen LogP contribution < -0.4 is 24.3 Å². The zero-order valence-electron chi connectivity index (χ0n) is 34.1. The van der Waals surface area contributed by atoms with E-state index in [4.69, 9.17) is 0 Å². The fourth-order valence-electron chi connectivity index (χ4n) is 6.58. The van der Waals surface area contributed by atoms with Gasteiger partial charge in [-0.15, -0.1) is 0 Å². The van der Waals surface area contributed by atoms with Crippen LogP contribution >= 0.6 is 21.6 Å². The number of pyridine rings is 2. The van der Waals surface area contributed by atoms with Gasteiger partial charge in [0.25, 0.3) is 0 Å². The van der Waals surface area contributed by atoms with Gasteiger partial charge < -0.3 is 19.6 Å². The van der Waals surface area contributed by atoms with Gasteiger partial charge in [-0.05, 0) is 73.5 Å². The molecule has 0 saturated carbocycles. The molecule has 0 amide bonds. The lowest BCUT2D eigenvalue weighted by molar-refractivity contribution is -0.890. The summed E-state index contributed by atoms with van der Waals surface area (Å²) in [6.45, 7) is 13.4. The molecule has 6 nitrogen and oxygen atoms in total. The molecule has 290 valence electrons. The molecule has 0 aliphatic heterocycles. The maximum Gasteiger partial charge on any atom is 0.205 e. The lowest BCUT2D eigenvalue weighted by Crippen LogP contribution is -2.84.